The van der Waals surface area contributed by atoms with Gasteiger partial charge in [-0.05, 0) is 48.2 Å². The molecular weight excluding hydrogens is 272 g/mol. The molecule has 0 saturated heterocycles. The van der Waals surface area contributed by atoms with E-state index >= 15 is 0 Å². The summed E-state index contributed by atoms with van der Waals surface area (Å²) in [6, 6.07) is 15.8. The lowest BCUT2D eigenvalue weighted by Gasteiger charge is -2.03. The molecule has 2 aromatic carbocycles. The average molecular weight is 284 g/mol. The smallest absolute Gasteiger partial charge is 0.335 e. The number of rotatable bonds is 4. The minimum absolute atomic E-state index is 0.0576. The fraction of sp³-hybridized carbons (Fsp3) is 0. The Morgan fingerprint density at radius 3 is 2.25 bits per heavy atom. The molecule has 0 radical (unpaired) electrons. The first-order chi connectivity index (χ1) is 9.69. The Morgan fingerprint density at radius 2 is 1.65 bits per heavy atom. The third-order valence-electron chi connectivity index (χ3n) is 2.43. The van der Waals surface area contributed by atoms with E-state index in [4.69, 9.17) is 4.74 Å². The van der Waals surface area contributed by atoms with Crippen molar-refractivity contribution in [1.82, 2.24) is 0 Å². The summed E-state index contributed by atoms with van der Waals surface area (Å²) >= 11 is 1.16. The van der Waals surface area contributed by atoms with Gasteiger partial charge in [-0.3, -0.25) is 4.79 Å². The Labute approximate surface area is 121 Å². The van der Waals surface area contributed by atoms with E-state index in [0.717, 1.165) is 22.7 Å². The number of hydrogen-bond acceptors (Lipinski definition) is 4. The standard InChI is InChI=1S/C16H12O3S/c1-2-15(17)19-13-10-8-12(9-11-13)16(18)20-14-6-4-3-5-7-14/h2-11H,1H2. The number of benzene rings is 2. The third-order valence-corrected chi connectivity index (χ3v) is 3.36. The molecule has 3 nitrogen and oxygen atoms in total. The van der Waals surface area contributed by atoms with Gasteiger partial charge in [-0.25, -0.2) is 4.79 Å². The first-order valence-corrected chi connectivity index (χ1v) is 6.72. The van der Waals surface area contributed by atoms with E-state index in [0.29, 0.717) is 11.3 Å². The van der Waals surface area contributed by atoms with Gasteiger partial charge in [0.2, 0.25) is 5.12 Å². The number of thioether (sulfide) groups is 1. The number of carbonyl (C=O) groups is 2. The van der Waals surface area contributed by atoms with Crippen molar-refractivity contribution in [2.24, 2.45) is 0 Å². The number of ether oxygens (including phenoxy) is 1. The van der Waals surface area contributed by atoms with Crippen LogP contribution in [0.15, 0.2) is 72.1 Å². The second-order valence-electron chi connectivity index (χ2n) is 3.85. The van der Waals surface area contributed by atoms with Gasteiger partial charge in [-0.1, -0.05) is 24.8 Å². The first kappa shape index (κ1) is 14.1. The summed E-state index contributed by atoms with van der Waals surface area (Å²) in [6.07, 6.45) is 1.09. The van der Waals surface area contributed by atoms with E-state index in [1.54, 1.807) is 24.3 Å². The van der Waals surface area contributed by atoms with Crippen LogP contribution in [0.4, 0.5) is 0 Å². The van der Waals surface area contributed by atoms with E-state index in [1.165, 1.54) is 0 Å². The molecule has 0 aliphatic heterocycles. The lowest BCUT2D eigenvalue weighted by molar-refractivity contribution is -0.128. The zero-order chi connectivity index (χ0) is 14.4. The van der Waals surface area contributed by atoms with Gasteiger partial charge in [0.05, 0.1) is 0 Å². The average Bonchev–Trinajstić information content (AvgIpc) is 2.49. The number of esters is 1. The molecule has 0 bridgehead atoms. The van der Waals surface area contributed by atoms with Crippen molar-refractivity contribution in [3.8, 4) is 5.75 Å². The molecule has 0 aliphatic rings. The van der Waals surface area contributed by atoms with Crippen LogP contribution < -0.4 is 4.74 Å². The largest absolute Gasteiger partial charge is 0.423 e. The highest BCUT2D eigenvalue weighted by atomic mass is 32.2. The summed E-state index contributed by atoms with van der Waals surface area (Å²) in [6.45, 7) is 3.32. The SMILES string of the molecule is C=CC(=O)Oc1ccc(C(=O)Sc2ccccc2)cc1. The van der Waals surface area contributed by atoms with E-state index in [2.05, 4.69) is 6.58 Å². The van der Waals surface area contributed by atoms with E-state index < -0.39 is 5.97 Å². The molecule has 100 valence electrons. The van der Waals surface area contributed by atoms with Crippen LogP contribution in [0.3, 0.4) is 0 Å². The lowest BCUT2D eigenvalue weighted by Crippen LogP contribution is -2.03. The Bertz CT molecular complexity index is 618. The van der Waals surface area contributed by atoms with Crippen molar-refractivity contribution in [3.05, 3.63) is 72.8 Å². The number of carbonyl (C=O) groups excluding carboxylic acids is 2. The Morgan fingerprint density at radius 1 is 1.00 bits per heavy atom. The van der Waals surface area contributed by atoms with Crippen molar-refractivity contribution in [1.29, 1.82) is 0 Å². The molecule has 0 spiro atoms. The first-order valence-electron chi connectivity index (χ1n) is 5.90. The molecular formula is C16H12O3S. The van der Waals surface area contributed by atoms with Crippen LogP contribution >= 0.6 is 11.8 Å². The molecule has 0 unspecified atom stereocenters. The van der Waals surface area contributed by atoms with Crippen LogP contribution in [-0.4, -0.2) is 11.1 Å². The van der Waals surface area contributed by atoms with Gasteiger partial charge in [-0.15, -0.1) is 0 Å². The van der Waals surface area contributed by atoms with Crippen molar-refractivity contribution in [2.45, 2.75) is 4.90 Å². The normalized spacial score (nSPS) is 9.80. The fourth-order valence-electron chi connectivity index (χ4n) is 1.47. The van der Waals surface area contributed by atoms with Crippen LogP contribution in [0.5, 0.6) is 5.75 Å². The summed E-state index contributed by atoms with van der Waals surface area (Å²) in [5, 5.41) is -0.0576. The molecule has 0 aliphatic carbocycles. The molecule has 0 saturated carbocycles. The minimum atomic E-state index is -0.525. The number of hydrogen-bond donors (Lipinski definition) is 0. The molecule has 0 atom stereocenters. The van der Waals surface area contributed by atoms with Crippen LogP contribution in [0.1, 0.15) is 10.4 Å². The Balaban J connectivity index is 2.04. The molecule has 0 fully saturated rings. The van der Waals surface area contributed by atoms with Crippen molar-refractivity contribution in [3.63, 3.8) is 0 Å². The highest BCUT2D eigenvalue weighted by molar-refractivity contribution is 8.14. The summed E-state index contributed by atoms with van der Waals surface area (Å²) in [7, 11) is 0. The zero-order valence-corrected chi connectivity index (χ0v) is 11.4. The third kappa shape index (κ3) is 3.83. The van der Waals surface area contributed by atoms with Crippen LogP contribution in [-0.2, 0) is 4.79 Å². The van der Waals surface area contributed by atoms with Crippen LogP contribution in [0.2, 0.25) is 0 Å². The predicted molar refractivity (Wildman–Crippen MR) is 78.9 cm³/mol. The second-order valence-corrected chi connectivity index (χ2v) is 4.90. The van der Waals surface area contributed by atoms with Gasteiger partial charge in [0.1, 0.15) is 5.75 Å². The van der Waals surface area contributed by atoms with Gasteiger partial charge >= 0.3 is 5.97 Å². The van der Waals surface area contributed by atoms with Crippen molar-refractivity contribution in [2.75, 3.05) is 0 Å². The lowest BCUT2D eigenvalue weighted by atomic mass is 10.2. The summed E-state index contributed by atoms with van der Waals surface area (Å²) in [4.78, 5) is 24.0. The monoisotopic (exact) mass is 284 g/mol. The zero-order valence-electron chi connectivity index (χ0n) is 10.6. The fourth-order valence-corrected chi connectivity index (χ4v) is 2.23. The van der Waals surface area contributed by atoms with E-state index in [1.807, 2.05) is 30.3 Å². The Hall–Kier alpha value is -2.33. The van der Waals surface area contributed by atoms with Crippen LogP contribution in [0.25, 0.3) is 0 Å². The van der Waals surface area contributed by atoms with Gasteiger partial charge < -0.3 is 4.74 Å². The highest BCUT2D eigenvalue weighted by Crippen LogP contribution is 2.23. The predicted octanol–water partition coefficient (Wildman–Crippen LogP) is 3.71. The maximum atomic E-state index is 12.0. The molecule has 0 aromatic heterocycles. The van der Waals surface area contributed by atoms with Gasteiger partial charge in [-0.2, -0.15) is 0 Å². The van der Waals surface area contributed by atoms with Crippen LogP contribution in [0, 0.1) is 0 Å². The van der Waals surface area contributed by atoms with E-state index in [9.17, 15) is 9.59 Å². The quantitative estimate of drug-likeness (QED) is 0.371. The van der Waals surface area contributed by atoms with E-state index in [-0.39, 0.29) is 5.12 Å². The maximum absolute atomic E-state index is 12.0. The van der Waals surface area contributed by atoms with Crippen molar-refractivity contribution >= 4 is 22.8 Å². The molecule has 0 amide bonds. The highest BCUT2D eigenvalue weighted by Gasteiger charge is 2.08. The molecule has 2 rings (SSSR count). The topological polar surface area (TPSA) is 43.4 Å². The summed E-state index contributed by atoms with van der Waals surface area (Å²) < 4.78 is 4.94. The second kappa shape index (κ2) is 6.73. The minimum Gasteiger partial charge on any atom is -0.423 e. The van der Waals surface area contributed by atoms with Gasteiger partial charge in [0, 0.05) is 16.5 Å². The molecule has 0 heterocycles. The Kier molecular flexibility index (Phi) is 4.74. The van der Waals surface area contributed by atoms with Gasteiger partial charge in [0.15, 0.2) is 0 Å². The van der Waals surface area contributed by atoms with Crippen molar-refractivity contribution < 1.29 is 14.3 Å². The maximum Gasteiger partial charge on any atom is 0.335 e. The molecule has 20 heavy (non-hydrogen) atoms. The summed E-state index contributed by atoms with van der Waals surface area (Å²) in [5.74, 6) is -0.140. The molecule has 0 N–H and O–H groups in total. The summed E-state index contributed by atoms with van der Waals surface area (Å²) in [5.41, 5.74) is 0.553. The molecule has 4 heteroatoms. The molecule has 2 aromatic rings. The van der Waals surface area contributed by atoms with Gasteiger partial charge in [0.25, 0.3) is 0 Å².